The molecule has 0 aliphatic heterocycles. The van der Waals surface area contributed by atoms with Crippen LogP contribution in [-0.2, 0) is 6.54 Å². The molecule has 0 fully saturated rings. The summed E-state index contributed by atoms with van der Waals surface area (Å²) in [6.45, 7) is 4.23. The van der Waals surface area contributed by atoms with Crippen molar-refractivity contribution in [2.45, 2.75) is 32.7 Å². The second-order valence-electron chi connectivity index (χ2n) is 5.31. The lowest BCUT2D eigenvalue weighted by atomic mass is 10.0. The van der Waals surface area contributed by atoms with Crippen LogP contribution >= 0.6 is 24.0 Å². The summed E-state index contributed by atoms with van der Waals surface area (Å²) in [4.78, 5) is 11.7. The number of hydrogen-bond acceptors (Lipinski definition) is 3. The van der Waals surface area contributed by atoms with Gasteiger partial charge in [-0.05, 0) is 29.7 Å². The Morgan fingerprint density at radius 1 is 1.29 bits per heavy atom. The van der Waals surface area contributed by atoms with Crippen molar-refractivity contribution in [3.63, 3.8) is 0 Å². The maximum Gasteiger partial charge on any atom is 0.280 e. The molecule has 0 bridgehead atoms. The van der Waals surface area contributed by atoms with Gasteiger partial charge in [-0.3, -0.25) is 0 Å². The molecular formula is C16H20F2IN5. The van der Waals surface area contributed by atoms with E-state index in [-0.39, 0.29) is 48.0 Å². The van der Waals surface area contributed by atoms with Crippen molar-refractivity contribution in [2.24, 2.45) is 10.7 Å². The number of hydrogen-bond donors (Lipinski definition) is 2. The molecule has 0 saturated carbocycles. The monoisotopic (exact) mass is 447 g/mol. The van der Waals surface area contributed by atoms with Gasteiger partial charge in [0.2, 0.25) is 0 Å². The molecule has 24 heavy (non-hydrogen) atoms. The number of halogens is 3. The number of aliphatic imine (C=N–C) groups is 1. The number of nitrogens with two attached hydrogens (primary N) is 1. The van der Waals surface area contributed by atoms with E-state index in [9.17, 15) is 8.78 Å². The maximum absolute atomic E-state index is 12.6. The lowest BCUT2D eigenvalue weighted by Crippen LogP contribution is -2.22. The van der Waals surface area contributed by atoms with E-state index in [1.807, 2.05) is 24.3 Å². The zero-order valence-corrected chi connectivity index (χ0v) is 15.7. The fourth-order valence-corrected chi connectivity index (χ4v) is 1.93. The predicted octanol–water partition coefficient (Wildman–Crippen LogP) is 4.08. The topological polar surface area (TPSA) is 76.2 Å². The van der Waals surface area contributed by atoms with Crippen molar-refractivity contribution in [1.82, 2.24) is 9.97 Å². The molecule has 0 spiro atoms. The third-order valence-electron chi connectivity index (χ3n) is 3.17. The van der Waals surface area contributed by atoms with Crippen LogP contribution in [0.2, 0.25) is 0 Å². The number of guanidine groups is 1. The quantitative estimate of drug-likeness (QED) is 0.412. The second-order valence-corrected chi connectivity index (χ2v) is 5.31. The highest BCUT2D eigenvalue weighted by Crippen LogP contribution is 2.18. The number of benzene rings is 1. The van der Waals surface area contributed by atoms with Crippen molar-refractivity contribution in [1.29, 1.82) is 0 Å². The van der Waals surface area contributed by atoms with Crippen LogP contribution in [0.5, 0.6) is 0 Å². The molecule has 0 amide bonds. The average molecular weight is 447 g/mol. The number of rotatable bonds is 5. The van der Waals surface area contributed by atoms with Crippen LogP contribution in [0.3, 0.4) is 0 Å². The smallest absolute Gasteiger partial charge is 0.280 e. The molecule has 0 saturated heterocycles. The predicted molar refractivity (Wildman–Crippen MR) is 102 cm³/mol. The van der Waals surface area contributed by atoms with Gasteiger partial charge in [0.05, 0.1) is 0 Å². The van der Waals surface area contributed by atoms with Gasteiger partial charge >= 0.3 is 0 Å². The summed E-state index contributed by atoms with van der Waals surface area (Å²) >= 11 is 0. The molecule has 1 heterocycles. The Morgan fingerprint density at radius 2 is 2.04 bits per heavy atom. The van der Waals surface area contributed by atoms with Crippen molar-refractivity contribution in [2.75, 3.05) is 5.32 Å². The fourth-order valence-electron chi connectivity index (χ4n) is 1.93. The molecule has 8 heteroatoms. The van der Waals surface area contributed by atoms with E-state index >= 15 is 0 Å². The summed E-state index contributed by atoms with van der Waals surface area (Å²) in [7, 11) is 0. The second kappa shape index (κ2) is 9.45. The average Bonchev–Trinajstić information content (AvgIpc) is 2.53. The minimum absolute atomic E-state index is 0. The molecule has 2 aromatic rings. The molecule has 0 unspecified atom stereocenters. The van der Waals surface area contributed by atoms with Crippen LogP contribution in [-0.4, -0.2) is 15.9 Å². The van der Waals surface area contributed by atoms with E-state index in [1.54, 1.807) is 0 Å². The third kappa shape index (κ3) is 5.99. The van der Waals surface area contributed by atoms with Gasteiger partial charge in [0.15, 0.2) is 5.96 Å². The molecule has 0 aliphatic carbocycles. The number of nitrogens with zero attached hydrogens (tertiary/aromatic N) is 3. The lowest BCUT2D eigenvalue weighted by Gasteiger charge is -2.10. The van der Waals surface area contributed by atoms with Gasteiger partial charge in [-0.15, -0.1) is 24.0 Å². The highest BCUT2D eigenvalue weighted by atomic mass is 127. The molecule has 0 aliphatic rings. The maximum atomic E-state index is 12.6. The zero-order valence-electron chi connectivity index (χ0n) is 13.4. The van der Waals surface area contributed by atoms with Crippen molar-refractivity contribution in [3.05, 3.63) is 53.6 Å². The third-order valence-corrected chi connectivity index (χ3v) is 3.17. The van der Waals surface area contributed by atoms with Gasteiger partial charge < -0.3 is 11.1 Å². The highest BCUT2D eigenvalue weighted by Gasteiger charge is 2.09. The Hall–Kier alpha value is -1.84. The first kappa shape index (κ1) is 20.2. The van der Waals surface area contributed by atoms with Gasteiger partial charge in [0, 0.05) is 11.9 Å². The van der Waals surface area contributed by atoms with Crippen LogP contribution in [0.15, 0.2) is 41.5 Å². The van der Waals surface area contributed by atoms with Crippen molar-refractivity contribution in [3.8, 4) is 0 Å². The first-order chi connectivity index (χ1) is 11.0. The Morgan fingerprint density at radius 3 is 2.71 bits per heavy atom. The number of anilines is 1. The normalized spacial score (nSPS) is 11.5. The molecule has 5 nitrogen and oxygen atoms in total. The summed E-state index contributed by atoms with van der Waals surface area (Å²) in [6, 6.07) is 9.01. The zero-order chi connectivity index (χ0) is 16.8. The van der Waals surface area contributed by atoms with Gasteiger partial charge in [-0.1, -0.05) is 26.0 Å². The molecule has 0 radical (unpaired) electrons. The van der Waals surface area contributed by atoms with Gasteiger partial charge in [0.25, 0.3) is 6.43 Å². The van der Waals surface area contributed by atoms with E-state index in [0.29, 0.717) is 5.92 Å². The molecule has 1 aromatic heterocycles. The van der Waals surface area contributed by atoms with Gasteiger partial charge in [-0.2, -0.15) is 0 Å². The van der Waals surface area contributed by atoms with E-state index < -0.39 is 6.43 Å². The summed E-state index contributed by atoms with van der Waals surface area (Å²) in [6.07, 6.45) is -1.34. The van der Waals surface area contributed by atoms with Crippen LogP contribution in [0.1, 0.15) is 43.3 Å². The van der Waals surface area contributed by atoms with E-state index in [0.717, 1.165) is 5.69 Å². The van der Waals surface area contributed by atoms with E-state index in [4.69, 9.17) is 5.73 Å². The highest BCUT2D eigenvalue weighted by molar-refractivity contribution is 14.0. The summed E-state index contributed by atoms with van der Waals surface area (Å²) in [5, 5.41) is 2.97. The molecule has 0 atom stereocenters. The Kier molecular flexibility index (Phi) is 7.96. The minimum atomic E-state index is -2.63. The largest absolute Gasteiger partial charge is 0.370 e. The first-order valence-electron chi connectivity index (χ1n) is 7.22. The van der Waals surface area contributed by atoms with Crippen LogP contribution < -0.4 is 11.1 Å². The van der Waals surface area contributed by atoms with Crippen LogP contribution in [0.4, 0.5) is 14.5 Å². The summed E-state index contributed by atoms with van der Waals surface area (Å²) in [5.41, 5.74) is 7.49. The van der Waals surface area contributed by atoms with E-state index in [2.05, 4.69) is 34.1 Å². The Labute approximate surface area is 156 Å². The number of aromatic nitrogens is 2. The number of nitrogens with one attached hydrogen (secondary N) is 1. The Balaban J connectivity index is 0.00000288. The van der Waals surface area contributed by atoms with Gasteiger partial charge in [0.1, 0.15) is 18.1 Å². The summed E-state index contributed by atoms with van der Waals surface area (Å²) in [5.74, 6) is 0.779. The van der Waals surface area contributed by atoms with E-state index in [1.165, 1.54) is 17.8 Å². The fraction of sp³-hybridized carbons (Fsp3) is 0.312. The van der Waals surface area contributed by atoms with Crippen molar-refractivity contribution < 1.29 is 8.78 Å². The standard InChI is InChI=1S/C16H19F2N5.HI/c1-10(2)11-4-3-5-12(8-11)22-16(19)21-9-14-20-7-6-13(23-14)15(17)18;/h3-8,10,15H,9H2,1-2H3,(H3,19,21,22);1H. The SMILES string of the molecule is CC(C)c1cccc(NC(N)=NCc2nccc(C(F)F)n2)c1.I. The van der Waals surface area contributed by atoms with Crippen molar-refractivity contribution >= 4 is 35.6 Å². The first-order valence-corrected chi connectivity index (χ1v) is 7.22. The Bertz CT molecular complexity index is 692. The molecule has 1 aromatic carbocycles. The van der Waals surface area contributed by atoms with Crippen LogP contribution in [0.25, 0.3) is 0 Å². The molecule has 130 valence electrons. The van der Waals surface area contributed by atoms with Crippen LogP contribution in [0, 0.1) is 0 Å². The number of alkyl halides is 2. The summed E-state index contributed by atoms with van der Waals surface area (Å²) < 4.78 is 25.1. The lowest BCUT2D eigenvalue weighted by molar-refractivity contribution is 0.145. The van der Waals surface area contributed by atoms with Gasteiger partial charge in [-0.25, -0.2) is 23.7 Å². The molecular weight excluding hydrogens is 427 g/mol. The molecule has 2 rings (SSSR count). The minimum Gasteiger partial charge on any atom is -0.370 e. The molecule has 3 N–H and O–H groups in total.